The van der Waals surface area contributed by atoms with Crippen LogP contribution in [0.2, 0.25) is 0 Å². The Labute approximate surface area is 211 Å². The molecular formula is C27H32N4O4S. The number of sulfonamides is 1. The fourth-order valence-electron chi connectivity index (χ4n) is 5.72. The van der Waals surface area contributed by atoms with E-state index < -0.39 is 15.6 Å². The Morgan fingerprint density at radius 2 is 1.72 bits per heavy atom. The number of amides is 1. The number of H-pyrrole nitrogens is 1. The monoisotopic (exact) mass is 508 g/mol. The highest BCUT2D eigenvalue weighted by molar-refractivity contribution is 7.89. The van der Waals surface area contributed by atoms with Crippen LogP contribution in [-0.2, 0) is 19.6 Å². The van der Waals surface area contributed by atoms with E-state index in [9.17, 15) is 13.2 Å². The number of nitrogens with one attached hydrogen (secondary N) is 1. The highest BCUT2D eigenvalue weighted by Gasteiger charge is 2.54. The van der Waals surface area contributed by atoms with Crippen molar-refractivity contribution >= 4 is 32.5 Å². The number of nitrogens with zero attached hydrogens (tertiary/aromatic N) is 3. The second-order valence-corrected chi connectivity index (χ2v) is 12.0. The highest BCUT2D eigenvalue weighted by atomic mass is 32.2. The number of rotatable bonds is 5. The van der Waals surface area contributed by atoms with E-state index >= 15 is 0 Å². The number of aromatic nitrogens is 1. The third-order valence-electron chi connectivity index (χ3n) is 7.93. The van der Waals surface area contributed by atoms with Gasteiger partial charge in [0.25, 0.3) is 0 Å². The van der Waals surface area contributed by atoms with Crippen LogP contribution in [0.3, 0.4) is 0 Å². The number of hydrogen-bond donors (Lipinski definition) is 1. The van der Waals surface area contributed by atoms with Crippen molar-refractivity contribution in [1.82, 2.24) is 14.2 Å². The molecule has 1 amide bonds. The average Bonchev–Trinajstić information content (AvgIpc) is 3.57. The van der Waals surface area contributed by atoms with E-state index in [0.29, 0.717) is 39.3 Å². The summed E-state index contributed by atoms with van der Waals surface area (Å²) >= 11 is 0. The van der Waals surface area contributed by atoms with Gasteiger partial charge < -0.3 is 19.5 Å². The molecule has 8 nitrogen and oxygen atoms in total. The molecule has 2 aromatic carbocycles. The van der Waals surface area contributed by atoms with Crippen LogP contribution in [0.5, 0.6) is 0 Å². The minimum atomic E-state index is -3.87. The van der Waals surface area contributed by atoms with E-state index in [4.69, 9.17) is 4.74 Å². The summed E-state index contributed by atoms with van der Waals surface area (Å²) < 4.78 is 34.6. The predicted octanol–water partition coefficient (Wildman–Crippen LogP) is 3.45. The molecule has 1 atom stereocenters. The van der Waals surface area contributed by atoms with Gasteiger partial charge in [0.2, 0.25) is 15.9 Å². The Bertz CT molecular complexity index is 1370. The first-order chi connectivity index (χ1) is 17.4. The van der Waals surface area contributed by atoms with Crippen molar-refractivity contribution in [2.45, 2.75) is 36.6 Å². The molecule has 0 radical (unpaired) electrons. The third-order valence-corrected chi connectivity index (χ3v) is 9.95. The lowest BCUT2D eigenvalue weighted by atomic mass is 9.88. The number of benzene rings is 2. The maximum atomic E-state index is 13.9. The van der Waals surface area contributed by atoms with Gasteiger partial charge in [0.05, 0.1) is 18.1 Å². The molecule has 0 aliphatic carbocycles. The van der Waals surface area contributed by atoms with Gasteiger partial charge in [-0.3, -0.25) is 4.79 Å². The predicted molar refractivity (Wildman–Crippen MR) is 139 cm³/mol. The van der Waals surface area contributed by atoms with Crippen LogP contribution in [0, 0.1) is 0 Å². The van der Waals surface area contributed by atoms with Gasteiger partial charge >= 0.3 is 0 Å². The molecule has 3 fully saturated rings. The van der Waals surface area contributed by atoms with Crippen LogP contribution in [0.15, 0.2) is 53.4 Å². The Hall–Kier alpha value is -2.88. The maximum absolute atomic E-state index is 13.9. The van der Waals surface area contributed by atoms with Gasteiger partial charge in [0, 0.05) is 60.6 Å². The molecule has 0 bridgehead atoms. The Balaban J connectivity index is 1.39. The smallest absolute Gasteiger partial charge is 0.244 e. The molecule has 1 N–H and O–H groups in total. The lowest BCUT2D eigenvalue weighted by molar-refractivity contribution is -0.150. The standard InChI is InChI=1S/C27H32N4O4S/c1-27(26(32)30-14-16-35-17-15-30)10-13-31(27)36(33,34)21-8-9-25(29-11-4-5-12-29)22(19-21)24-18-20-6-2-3-7-23(20)28-24/h2-3,6-9,18-19,28H,4-5,10-17H2,1H3. The van der Waals surface area contributed by atoms with E-state index in [0.717, 1.165) is 53.8 Å². The van der Waals surface area contributed by atoms with Crippen LogP contribution in [-0.4, -0.2) is 80.0 Å². The molecule has 0 spiro atoms. The summed E-state index contributed by atoms with van der Waals surface area (Å²) in [5.74, 6) is -0.134. The normalized spacial score (nSPS) is 23.2. The average molecular weight is 509 g/mol. The minimum absolute atomic E-state index is 0.134. The Morgan fingerprint density at radius 1 is 0.972 bits per heavy atom. The number of hydrogen-bond acceptors (Lipinski definition) is 5. The van der Waals surface area contributed by atoms with E-state index in [1.54, 1.807) is 24.0 Å². The first-order valence-electron chi connectivity index (χ1n) is 12.7. The van der Waals surface area contributed by atoms with Gasteiger partial charge in [-0.25, -0.2) is 8.42 Å². The van der Waals surface area contributed by atoms with Crippen molar-refractivity contribution in [3.63, 3.8) is 0 Å². The van der Waals surface area contributed by atoms with Gasteiger partial charge in [0.1, 0.15) is 5.54 Å². The molecule has 190 valence electrons. The molecule has 3 aliphatic rings. The SMILES string of the molecule is CC1(C(=O)N2CCOCC2)CCN1S(=O)(=O)c1ccc(N2CCCC2)c(-c2cc3ccccc3[nH]2)c1. The van der Waals surface area contributed by atoms with Crippen LogP contribution in [0.25, 0.3) is 22.2 Å². The van der Waals surface area contributed by atoms with Crippen LogP contribution >= 0.6 is 0 Å². The van der Waals surface area contributed by atoms with Crippen LogP contribution in [0.4, 0.5) is 5.69 Å². The van der Waals surface area contributed by atoms with E-state index in [-0.39, 0.29) is 10.8 Å². The lowest BCUT2D eigenvalue weighted by Gasteiger charge is -2.50. The number of anilines is 1. The summed E-state index contributed by atoms with van der Waals surface area (Å²) in [4.78, 5) is 21.1. The van der Waals surface area contributed by atoms with Gasteiger partial charge in [-0.1, -0.05) is 18.2 Å². The zero-order valence-corrected chi connectivity index (χ0v) is 21.4. The van der Waals surface area contributed by atoms with Crippen molar-refractivity contribution in [3.05, 3.63) is 48.5 Å². The molecule has 0 saturated carbocycles. The van der Waals surface area contributed by atoms with E-state index in [2.05, 4.69) is 16.0 Å². The highest BCUT2D eigenvalue weighted by Crippen LogP contribution is 2.41. The largest absolute Gasteiger partial charge is 0.378 e. The molecule has 1 aromatic heterocycles. The van der Waals surface area contributed by atoms with Gasteiger partial charge in [-0.05, 0) is 56.5 Å². The quantitative estimate of drug-likeness (QED) is 0.571. The summed E-state index contributed by atoms with van der Waals surface area (Å²) in [7, 11) is -3.87. The number of para-hydroxylation sites is 1. The lowest BCUT2D eigenvalue weighted by Crippen LogP contribution is -2.68. The summed E-state index contributed by atoms with van der Waals surface area (Å²) in [5, 5.41) is 1.08. The van der Waals surface area contributed by atoms with Crippen LogP contribution < -0.4 is 4.90 Å². The summed E-state index contributed by atoms with van der Waals surface area (Å²) in [6.07, 6.45) is 2.77. The fraction of sp³-hybridized carbons (Fsp3) is 0.444. The summed E-state index contributed by atoms with van der Waals surface area (Å²) in [6, 6.07) is 15.6. The molecule has 9 heteroatoms. The molecule has 36 heavy (non-hydrogen) atoms. The van der Waals surface area contributed by atoms with Crippen molar-refractivity contribution < 1.29 is 17.9 Å². The number of ether oxygens (including phenoxy) is 1. The minimum Gasteiger partial charge on any atom is -0.378 e. The number of morpholine rings is 1. The van der Waals surface area contributed by atoms with Crippen molar-refractivity contribution in [1.29, 1.82) is 0 Å². The summed E-state index contributed by atoms with van der Waals surface area (Å²) in [5.41, 5.74) is 2.75. The van der Waals surface area contributed by atoms with Gasteiger partial charge in [0.15, 0.2) is 0 Å². The molecule has 3 saturated heterocycles. The fourth-order valence-corrected chi connectivity index (χ4v) is 7.51. The first kappa shape index (κ1) is 23.5. The summed E-state index contributed by atoms with van der Waals surface area (Å²) in [6.45, 7) is 5.97. The molecule has 3 aliphatic heterocycles. The topological polar surface area (TPSA) is 85.9 Å². The zero-order valence-electron chi connectivity index (χ0n) is 20.6. The van der Waals surface area contributed by atoms with Crippen molar-refractivity contribution in [2.75, 3.05) is 50.8 Å². The molecule has 4 heterocycles. The van der Waals surface area contributed by atoms with E-state index in [1.165, 1.54) is 4.31 Å². The Morgan fingerprint density at radius 3 is 2.42 bits per heavy atom. The Kier molecular flexibility index (Phi) is 5.81. The van der Waals surface area contributed by atoms with Gasteiger partial charge in [-0.15, -0.1) is 0 Å². The number of carbonyl (C=O) groups excluding carboxylic acids is 1. The number of fused-ring (bicyclic) bond motifs is 1. The molecule has 6 rings (SSSR count). The second kappa shape index (κ2) is 8.90. The zero-order chi connectivity index (χ0) is 24.9. The third kappa shape index (κ3) is 3.81. The van der Waals surface area contributed by atoms with E-state index in [1.807, 2.05) is 30.3 Å². The molecular weight excluding hydrogens is 476 g/mol. The number of carbonyl (C=O) groups is 1. The molecule has 3 aromatic rings. The van der Waals surface area contributed by atoms with Crippen molar-refractivity contribution in [3.8, 4) is 11.3 Å². The van der Waals surface area contributed by atoms with Crippen molar-refractivity contribution in [2.24, 2.45) is 0 Å². The van der Waals surface area contributed by atoms with Gasteiger partial charge in [-0.2, -0.15) is 4.31 Å². The number of aromatic amines is 1. The van der Waals surface area contributed by atoms with Crippen LogP contribution in [0.1, 0.15) is 26.2 Å². The maximum Gasteiger partial charge on any atom is 0.244 e. The first-order valence-corrected chi connectivity index (χ1v) is 14.2. The molecule has 1 unspecified atom stereocenters. The second-order valence-electron chi connectivity index (χ2n) is 10.1.